The Morgan fingerprint density at radius 3 is 0.784 bits per heavy atom. The minimum Gasteiger partial charge on any atom is -0.207 e. The SMILES string of the molecule is CCCCCc1ccc(C#Cc2ccc(Cl)nc2F)cc1.CCCCc1ccc(C#Cc2ccc(Cl)nc2F)cc1.CCCc1ccc(C#Cc2ccc(Cl)nc2F)cc1.CCc1ccc(-c2ccc(C#Cc3ccc(F)nc3F)cc2)cc1.CCc1ccc(C#Cc2ccc(Cl)nc2F)cc1. The summed E-state index contributed by atoms with van der Waals surface area (Å²) in [6.07, 6.45) is 12.4. The summed E-state index contributed by atoms with van der Waals surface area (Å²) in [7, 11) is 0. The van der Waals surface area contributed by atoms with Crippen molar-refractivity contribution >= 4 is 46.4 Å². The zero-order chi connectivity index (χ0) is 73.0. The van der Waals surface area contributed by atoms with Gasteiger partial charge >= 0.3 is 0 Å². The van der Waals surface area contributed by atoms with Gasteiger partial charge in [0.05, 0.1) is 27.8 Å². The smallest absolute Gasteiger partial charge is 0.207 e. The molecule has 0 N–H and O–H groups in total. The van der Waals surface area contributed by atoms with E-state index in [9.17, 15) is 26.3 Å². The lowest BCUT2D eigenvalue weighted by Crippen LogP contribution is -1.91. The Labute approximate surface area is 615 Å². The fourth-order valence-electron chi connectivity index (χ4n) is 9.24. The van der Waals surface area contributed by atoms with Crippen molar-refractivity contribution in [2.24, 2.45) is 0 Å². The van der Waals surface area contributed by atoms with Crippen molar-refractivity contribution in [3.63, 3.8) is 0 Å². The highest BCUT2D eigenvalue weighted by molar-refractivity contribution is 6.30. The lowest BCUT2D eigenvalue weighted by Gasteiger charge is -2.03. The average molecular weight is 1440 g/mol. The van der Waals surface area contributed by atoms with E-state index in [0.29, 0.717) is 0 Å². The molecule has 102 heavy (non-hydrogen) atoms. The van der Waals surface area contributed by atoms with E-state index in [4.69, 9.17) is 46.4 Å². The fourth-order valence-corrected chi connectivity index (χ4v) is 9.79. The van der Waals surface area contributed by atoms with Gasteiger partial charge in [-0.25, -0.2) is 19.9 Å². The predicted molar refractivity (Wildman–Crippen MR) is 403 cm³/mol. The van der Waals surface area contributed by atoms with Crippen LogP contribution in [0.1, 0.15) is 157 Å². The standard InChI is InChI=1S/C21H15F2N.C18H17ClFN.C17H15ClFN.C16H13ClFN.C15H11ClFN/c1-2-15-3-8-17(9-4-15)18-10-5-16(6-11-18)7-12-19-13-14-20(22)24-21(19)23;1-2-3-4-5-14-6-8-15(9-7-14)10-11-16-12-13-17(19)21-18(16)20;1-2-3-4-13-5-7-14(8-6-13)9-10-15-11-12-16(18)20-17(15)19;1-2-3-12-4-6-13(7-5-12)8-9-14-10-11-15(17)19-16(14)18;1-2-11-3-5-12(6-4-11)7-8-13-9-10-14(16)18-15(13)17/h3-6,8-11,13-14H,2H2,1H3;6-9,12-13H,2-5H2,1H3;5-8,11-12H,2-4H2,1H3;4-7,10-11H,2-3H2,1H3;3-6,9-10H,2H2,1H3. The van der Waals surface area contributed by atoms with Crippen LogP contribution < -0.4 is 0 Å². The molecular weight excluding hydrogens is 1370 g/mol. The topological polar surface area (TPSA) is 64.5 Å². The van der Waals surface area contributed by atoms with Crippen LogP contribution in [0, 0.1) is 94.9 Å². The zero-order valence-electron chi connectivity index (χ0n) is 56.9. The van der Waals surface area contributed by atoms with Crippen molar-refractivity contribution in [1.29, 1.82) is 0 Å². The third-order valence-electron chi connectivity index (χ3n) is 15.0. The predicted octanol–water partition coefficient (Wildman–Crippen LogP) is 22.7. The van der Waals surface area contributed by atoms with Crippen molar-refractivity contribution in [3.05, 3.63) is 346 Å². The molecule has 11 rings (SSSR count). The summed E-state index contributed by atoms with van der Waals surface area (Å²) in [4.78, 5) is 17.2. The molecule has 5 aromatic heterocycles. The van der Waals surface area contributed by atoms with Crippen molar-refractivity contribution < 1.29 is 26.3 Å². The van der Waals surface area contributed by atoms with E-state index < -0.39 is 35.7 Å². The molecule has 0 saturated heterocycles. The van der Waals surface area contributed by atoms with Crippen molar-refractivity contribution in [1.82, 2.24) is 24.9 Å². The second-order valence-corrected chi connectivity index (χ2v) is 24.2. The Balaban J connectivity index is 0.000000179. The number of halogens is 10. The summed E-state index contributed by atoms with van der Waals surface area (Å²) in [6.45, 7) is 10.7. The maximum absolute atomic E-state index is 13.5. The van der Waals surface area contributed by atoms with Gasteiger partial charge in [-0.3, -0.25) is 0 Å². The highest BCUT2D eigenvalue weighted by Gasteiger charge is 2.07. The van der Waals surface area contributed by atoms with Crippen LogP contribution in [0.25, 0.3) is 11.1 Å². The molecule has 15 heteroatoms. The summed E-state index contributed by atoms with van der Waals surface area (Å²) in [6, 6.07) is 62.8. The first-order valence-corrected chi connectivity index (χ1v) is 34.7. The van der Waals surface area contributed by atoms with Crippen LogP contribution >= 0.6 is 46.4 Å². The minimum absolute atomic E-state index is 0.0793. The van der Waals surface area contributed by atoms with Crippen LogP contribution in [0.15, 0.2) is 206 Å². The highest BCUT2D eigenvalue weighted by Crippen LogP contribution is 2.22. The number of unbranched alkanes of at least 4 members (excludes halogenated alkanes) is 3. The number of rotatable bonds is 12. The summed E-state index contributed by atoms with van der Waals surface area (Å²) >= 11 is 22.3. The summed E-state index contributed by atoms with van der Waals surface area (Å²) in [5, 5.41) is 0.528. The molecule has 0 aliphatic carbocycles. The van der Waals surface area contributed by atoms with E-state index in [1.165, 1.54) is 115 Å². The third kappa shape index (κ3) is 27.6. The van der Waals surface area contributed by atoms with Crippen LogP contribution in [0.4, 0.5) is 26.3 Å². The molecule has 6 aromatic carbocycles. The van der Waals surface area contributed by atoms with Crippen LogP contribution in [0.2, 0.25) is 20.6 Å². The molecule has 0 radical (unpaired) electrons. The van der Waals surface area contributed by atoms with Gasteiger partial charge in [0, 0.05) is 27.8 Å². The van der Waals surface area contributed by atoms with Gasteiger partial charge in [0.15, 0.2) is 0 Å². The first-order chi connectivity index (χ1) is 49.4. The van der Waals surface area contributed by atoms with E-state index in [1.54, 1.807) is 0 Å². The second kappa shape index (κ2) is 42.7. The molecule has 0 spiro atoms. The molecule has 0 fully saturated rings. The maximum atomic E-state index is 13.5. The van der Waals surface area contributed by atoms with E-state index in [-0.39, 0.29) is 48.4 Å². The number of nitrogens with zero attached hydrogens (tertiary/aromatic N) is 5. The number of aryl methyl sites for hydroxylation is 5. The second-order valence-electron chi connectivity index (χ2n) is 22.7. The quantitative estimate of drug-likeness (QED) is 0.0528. The van der Waals surface area contributed by atoms with Crippen molar-refractivity contribution in [2.45, 2.75) is 105 Å². The van der Waals surface area contributed by atoms with E-state index in [0.717, 1.165) is 83.5 Å². The van der Waals surface area contributed by atoms with Gasteiger partial charge < -0.3 is 0 Å². The van der Waals surface area contributed by atoms with Gasteiger partial charge in [-0.2, -0.15) is 31.3 Å². The van der Waals surface area contributed by atoms with Crippen LogP contribution in [0.5, 0.6) is 0 Å². The molecule has 0 amide bonds. The molecule has 0 aliphatic rings. The van der Waals surface area contributed by atoms with Crippen molar-refractivity contribution in [2.75, 3.05) is 0 Å². The number of aromatic nitrogens is 5. The van der Waals surface area contributed by atoms with Crippen LogP contribution in [-0.2, 0) is 32.1 Å². The Morgan fingerprint density at radius 1 is 0.245 bits per heavy atom. The van der Waals surface area contributed by atoms with Gasteiger partial charge in [-0.15, -0.1) is 0 Å². The summed E-state index contributed by atoms with van der Waals surface area (Å²) in [5.41, 5.74) is 14.0. The molecule has 5 nitrogen and oxygen atoms in total. The molecule has 0 saturated carbocycles. The average Bonchev–Trinajstić information content (AvgIpc) is 0.865. The molecule has 0 bridgehead atoms. The summed E-state index contributed by atoms with van der Waals surface area (Å²) < 4.78 is 80.0. The third-order valence-corrected chi connectivity index (χ3v) is 15.9. The van der Waals surface area contributed by atoms with Gasteiger partial charge in [0.25, 0.3) is 0 Å². The molecule has 5 heterocycles. The molecule has 0 unspecified atom stereocenters. The first-order valence-electron chi connectivity index (χ1n) is 33.2. The first kappa shape index (κ1) is 78.9. The molecule has 514 valence electrons. The Kier molecular flexibility index (Phi) is 33.0. The number of hydrogen-bond acceptors (Lipinski definition) is 5. The van der Waals surface area contributed by atoms with Gasteiger partial charge in [0.1, 0.15) is 20.6 Å². The Hall–Kier alpha value is -10.4. The fraction of sp³-hybridized carbons (Fsp3) is 0.184. The van der Waals surface area contributed by atoms with Gasteiger partial charge in [0.2, 0.25) is 35.7 Å². The minimum atomic E-state index is -0.893. The number of pyridine rings is 5. The molecule has 0 atom stereocenters. The van der Waals surface area contributed by atoms with Crippen molar-refractivity contribution in [3.8, 4) is 70.3 Å². The van der Waals surface area contributed by atoms with Gasteiger partial charge in [-0.05, 0) is 205 Å². The summed E-state index contributed by atoms with van der Waals surface area (Å²) in [5.74, 6) is 24.0. The van der Waals surface area contributed by atoms with E-state index in [1.807, 2.05) is 97.1 Å². The normalized spacial score (nSPS) is 9.95. The van der Waals surface area contributed by atoms with Gasteiger partial charge in [-0.1, -0.05) is 251 Å². The molecule has 11 aromatic rings. The maximum Gasteiger partial charge on any atom is 0.231 e. The monoisotopic (exact) mass is 1440 g/mol. The zero-order valence-corrected chi connectivity index (χ0v) is 59.9. The highest BCUT2D eigenvalue weighted by atomic mass is 35.5. The molecular formula is C87H71Cl4F6N5. The van der Waals surface area contributed by atoms with Crippen LogP contribution in [0.3, 0.4) is 0 Å². The van der Waals surface area contributed by atoms with Crippen LogP contribution in [-0.4, -0.2) is 24.9 Å². The van der Waals surface area contributed by atoms with E-state index >= 15 is 0 Å². The Morgan fingerprint density at radius 2 is 0.500 bits per heavy atom. The lowest BCUT2D eigenvalue weighted by atomic mass is 10.0. The number of hydrogen-bond donors (Lipinski definition) is 0. The lowest BCUT2D eigenvalue weighted by molar-refractivity contribution is 0.510. The Bertz CT molecular complexity index is 4860. The van der Waals surface area contributed by atoms with E-state index in [2.05, 4.69) is 167 Å². The largest absolute Gasteiger partial charge is 0.231 e. The molecule has 0 aliphatic heterocycles. The number of benzene rings is 6.